The molecule has 2 heterocycles. The molecule has 1 saturated heterocycles. The lowest BCUT2D eigenvalue weighted by molar-refractivity contribution is -0.180. The van der Waals surface area contributed by atoms with E-state index in [2.05, 4.69) is 26.6 Å². The summed E-state index contributed by atoms with van der Waals surface area (Å²) in [4.78, 5) is 26.4. The minimum Gasteiger partial charge on any atom is -0.464 e. The van der Waals surface area contributed by atoms with Gasteiger partial charge in [0.15, 0.2) is 0 Å². The van der Waals surface area contributed by atoms with Crippen LogP contribution >= 0.6 is 0 Å². The Kier molecular flexibility index (Phi) is 16.9. The fourth-order valence-electron chi connectivity index (χ4n) is 6.54. The lowest BCUT2D eigenvalue weighted by atomic mass is 10.0. The Balaban J connectivity index is 1.14. The molecule has 2 amide bonds. The SMILES string of the molecule is CCCCCc1cc(CCCCOCCCCCCN2C[C@@H](c3ccc4c(c3)COC(C)(C)O4)OC2=O)cc(S(=O)(=O)N(COCC[Si](C)(C)C)C(=O)O)c1. The summed E-state index contributed by atoms with van der Waals surface area (Å²) in [6.07, 6.45) is 7.76. The molecule has 1 atom stereocenters. The van der Waals surface area contributed by atoms with Gasteiger partial charge in [-0.15, -0.1) is 0 Å². The fraction of sp³-hybridized carbons (Fsp3) is 0.659. The van der Waals surface area contributed by atoms with E-state index in [0.29, 0.717) is 50.2 Å². The van der Waals surface area contributed by atoms with Gasteiger partial charge in [0.25, 0.3) is 10.0 Å². The van der Waals surface area contributed by atoms with Gasteiger partial charge in [-0.25, -0.2) is 18.0 Å². The van der Waals surface area contributed by atoms with Gasteiger partial charge in [-0.05, 0) is 91.9 Å². The van der Waals surface area contributed by atoms with Crippen molar-refractivity contribution in [2.75, 3.05) is 39.6 Å². The summed E-state index contributed by atoms with van der Waals surface area (Å²) in [5.74, 6) is 0.149. The highest BCUT2D eigenvalue weighted by molar-refractivity contribution is 7.89. The Morgan fingerprint density at radius 1 is 0.927 bits per heavy atom. The van der Waals surface area contributed by atoms with Crippen LogP contribution in [0.3, 0.4) is 0 Å². The maximum atomic E-state index is 13.6. The van der Waals surface area contributed by atoms with E-state index >= 15 is 0 Å². The lowest BCUT2D eigenvalue weighted by Gasteiger charge is -2.32. The molecule has 2 aromatic carbocycles. The van der Waals surface area contributed by atoms with E-state index in [1.807, 2.05) is 38.1 Å². The van der Waals surface area contributed by atoms with Crippen LogP contribution in [0.5, 0.6) is 5.75 Å². The van der Waals surface area contributed by atoms with Crippen LogP contribution in [0.25, 0.3) is 0 Å². The number of nitrogens with zero attached hydrogens (tertiary/aromatic N) is 2. The Morgan fingerprint density at radius 2 is 1.60 bits per heavy atom. The minimum absolute atomic E-state index is 0.00452. The summed E-state index contributed by atoms with van der Waals surface area (Å²) in [7, 11) is -5.73. The summed E-state index contributed by atoms with van der Waals surface area (Å²) in [6, 6.07) is 12.0. The smallest absolute Gasteiger partial charge is 0.423 e. The number of carbonyl (C=O) groups excluding carboxylic acids is 1. The van der Waals surface area contributed by atoms with Gasteiger partial charge in [0, 0.05) is 53.9 Å². The molecule has 2 aromatic rings. The molecule has 0 spiro atoms. The number of hydrogen-bond donors (Lipinski definition) is 1. The topological polar surface area (TPSA) is 141 Å². The van der Waals surface area contributed by atoms with Gasteiger partial charge < -0.3 is 33.7 Å². The second-order valence-electron chi connectivity index (χ2n) is 16.4. The van der Waals surface area contributed by atoms with E-state index in [1.165, 1.54) is 0 Å². The Bertz CT molecular complexity index is 1660. The van der Waals surface area contributed by atoms with Crippen molar-refractivity contribution in [1.29, 1.82) is 0 Å². The summed E-state index contributed by atoms with van der Waals surface area (Å²) in [5, 5.41) is 9.82. The quantitative estimate of drug-likeness (QED) is 0.0621. The zero-order valence-electron chi connectivity index (χ0n) is 33.9. The second-order valence-corrected chi connectivity index (χ2v) is 23.9. The predicted octanol–water partition coefficient (Wildman–Crippen LogP) is 9.14. The number of ether oxygens (including phenoxy) is 5. The molecule has 0 saturated carbocycles. The number of amides is 2. The van der Waals surface area contributed by atoms with E-state index in [-0.39, 0.29) is 17.1 Å². The van der Waals surface area contributed by atoms with E-state index < -0.39 is 36.7 Å². The van der Waals surface area contributed by atoms with Crippen LogP contribution in [0.15, 0.2) is 41.3 Å². The molecule has 2 aliphatic heterocycles. The third-order valence-corrected chi connectivity index (χ3v) is 13.2. The number of sulfonamides is 1. The van der Waals surface area contributed by atoms with Crippen molar-refractivity contribution < 1.29 is 46.8 Å². The fourth-order valence-corrected chi connectivity index (χ4v) is 8.57. The van der Waals surface area contributed by atoms with Crippen LogP contribution in [0.1, 0.15) is 107 Å². The van der Waals surface area contributed by atoms with Gasteiger partial charge in [-0.3, -0.25) is 0 Å². The van der Waals surface area contributed by atoms with Crippen LogP contribution in [0.4, 0.5) is 9.59 Å². The highest BCUT2D eigenvalue weighted by atomic mass is 32.2. The molecular weight excluding hydrogens is 741 g/mol. The molecule has 0 aromatic heterocycles. The first-order chi connectivity index (χ1) is 26.1. The van der Waals surface area contributed by atoms with Gasteiger partial charge in [-0.2, -0.15) is 4.31 Å². The van der Waals surface area contributed by atoms with Crippen molar-refractivity contribution in [3.05, 3.63) is 58.7 Å². The molecule has 2 aliphatic rings. The molecule has 308 valence electrons. The first kappa shape index (κ1) is 44.5. The van der Waals surface area contributed by atoms with Gasteiger partial charge in [0.2, 0.25) is 5.79 Å². The van der Waals surface area contributed by atoms with E-state index in [1.54, 1.807) is 17.0 Å². The molecule has 55 heavy (non-hydrogen) atoms. The van der Waals surface area contributed by atoms with Crippen molar-refractivity contribution in [3.8, 4) is 5.75 Å². The molecular formula is C41H64N2O10SSi. The average molecular weight is 805 g/mol. The molecule has 0 unspecified atom stereocenters. The monoisotopic (exact) mass is 804 g/mol. The standard InChI is InChI=1S/C41H64N2O10SSi/c1-7-8-11-16-32-25-33(27-36(26-32)54(47,48)43(39(44)45)31-50-23-24-55(4,5)6)17-12-15-22-49-21-14-10-9-13-20-42-29-38(52-40(42)46)34-18-19-37-35(28-34)30-51-41(2,3)53-37/h18-19,25-28,38H,7-17,20-24,29-31H2,1-6H3,(H,44,45)/t38-/m0/s1. The minimum atomic E-state index is -4.31. The van der Waals surface area contributed by atoms with E-state index in [9.17, 15) is 23.1 Å². The van der Waals surface area contributed by atoms with Crippen LogP contribution in [-0.2, 0) is 48.4 Å². The van der Waals surface area contributed by atoms with E-state index in [0.717, 1.165) is 98.3 Å². The number of cyclic esters (lactones) is 1. The molecule has 0 aliphatic carbocycles. The first-order valence-electron chi connectivity index (χ1n) is 20.0. The zero-order chi connectivity index (χ0) is 40.1. The van der Waals surface area contributed by atoms with Crippen molar-refractivity contribution in [3.63, 3.8) is 0 Å². The Hall–Kier alpha value is -3.17. The van der Waals surface area contributed by atoms with Gasteiger partial charge in [0.05, 0.1) is 18.0 Å². The normalized spacial score (nSPS) is 16.8. The molecule has 12 nitrogen and oxygen atoms in total. The zero-order valence-corrected chi connectivity index (χ0v) is 35.7. The van der Waals surface area contributed by atoms with Crippen molar-refractivity contribution in [1.82, 2.24) is 9.21 Å². The number of fused-ring (bicyclic) bond motifs is 1. The summed E-state index contributed by atoms with van der Waals surface area (Å²) < 4.78 is 56.3. The van der Waals surface area contributed by atoms with Crippen molar-refractivity contribution >= 4 is 30.3 Å². The molecule has 0 bridgehead atoms. The third kappa shape index (κ3) is 14.4. The van der Waals surface area contributed by atoms with Crippen LogP contribution in [0.2, 0.25) is 25.7 Å². The largest absolute Gasteiger partial charge is 0.464 e. The summed E-state index contributed by atoms with van der Waals surface area (Å²) in [6.45, 7) is 15.2. The van der Waals surface area contributed by atoms with Crippen molar-refractivity contribution in [2.45, 2.75) is 140 Å². The molecule has 0 radical (unpaired) electrons. The lowest BCUT2D eigenvalue weighted by Crippen LogP contribution is -2.38. The summed E-state index contributed by atoms with van der Waals surface area (Å²) in [5.41, 5.74) is 3.68. The number of unbranched alkanes of at least 4 members (excludes halogenated alkanes) is 6. The molecule has 4 rings (SSSR count). The molecule has 1 N–H and O–H groups in total. The average Bonchev–Trinajstić information content (AvgIpc) is 3.49. The predicted molar refractivity (Wildman–Crippen MR) is 215 cm³/mol. The molecule has 14 heteroatoms. The maximum absolute atomic E-state index is 13.6. The first-order valence-corrected chi connectivity index (χ1v) is 25.2. The second kappa shape index (κ2) is 20.8. The molecule has 1 fully saturated rings. The number of rotatable bonds is 24. The number of carbonyl (C=O) groups is 2. The maximum Gasteiger partial charge on any atom is 0.423 e. The van der Waals surface area contributed by atoms with E-state index in [4.69, 9.17) is 23.7 Å². The number of benzene rings is 2. The highest BCUT2D eigenvalue weighted by Crippen LogP contribution is 2.35. The highest BCUT2D eigenvalue weighted by Gasteiger charge is 2.34. The third-order valence-electron chi connectivity index (χ3n) is 9.85. The number of aryl methyl sites for hydroxylation is 2. The van der Waals surface area contributed by atoms with Crippen LogP contribution < -0.4 is 4.74 Å². The van der Waals surface area contributed by atoms with Gasteiger partial charge >= 0.3 is 12.2 Å². The van der Waals surface area contributed by atoms with Crippen LogP contribution in [0, 0.1) is 0 Å². The summed E-state index contributed by atoms with van der Waals surface area (Å²) >= 11 is 0. The Labute approximate surface area is 329 Å². The van der Waals surface area contributed by atoms with Crippen LogP contribution in [-0.4, -0.2) is 88.4 Å². The van der Waals surface area contributed by atoms with Gasteiger partial charge in [0.1, 0.15) is 18.6 Å². The number of hydrogen-bond acceptors (Lipinski definition) is 9. The van der Waals surface area contributed by atoms with Gasteiger partial charge in [-0.1, -0.05) is 64.4 Å². The Morgan fingerprint density at radius 3 is 2.27 bits per heavy atom. The number of carboxylic acid groups (broad SMARTS) is 1. The van der Waals surface area contributed by atoms with Crippen molar-refractivity contribution in [2.24, 2.45) is 0 Å².